The van der Waals surface area contributed by atoms with Gasteiger partial charge in [0.15, 0.2) is 19.8 Å². The SMILES string of the molecule is COc1ccc(CO[C@H]([C@@H](CO[Si](C)(C)C(C)(C)C)[C@@H](O)/C(C)=C/[C@@H](C)CO[Si](c2ccccc2)(c2ccccc2)C(C)(C)C)[C@H](C)CO[Si](c2ccccc2)(c2ccccc2)C(C)(C)C)cc1OC. The molecular weight excluding hydrogens is 917 g/mol. The monoisotopic (exact) mass is 1000 g/mol. The highest BCUT2D eigenvalue weighted by Crippen LogP contribution is 2.41. The predicted molar refractivity (Wildman–Crippen MR) is 300 cm³/mol. The maximum Gasteiger partial charge on any atom is 0.261 e. The smallest absolute Gasteiger partial charge is 0.261 e. The van der Waals surface area contributed by atoms with Gasteiger partial charge in [-0.15, -0.1) is 0 Å². The molecule has 70 heavy (non-hydrogen) atoms. The molecule has 0 saturated carbocycles. The molecule has 0 aromatic heterocycles. The van der Waals surface area contributed by atoms with Crippen LogP contribution >= 0.6 is 0 Å². The molecule has 0 aliphatic heterocycles. The van der Waals surface area contributed by atoms with Crippen molar-refractivity contribution in [2.45, 2.75) is 130 Å². The predicted octanol–water partition coefficient (Wildman–Crippen LogP) is 12.0. The number of benzene rings is 5. The quantitative estimate of drug-likeness (QED) is 0.0516. The number of hydrogen-bond donors (Lipinski definition) is 1. The van der Waals surface area contributed by atoms with E-state index in [4.69, 9.17) is 27.5 Å². The third-order valence-corrected chi connectivity index (χ3v) is 29.2. The maximum atomic E-state index is 13.0. The van der Waals surface area contributed by atoms with Crippen LogP contribution in [0, 0.1) is 17.8 Å². The lowest BCUT2D eigenvalue weighted by molar-refractivity contribution is -0.0844. The minimum absolute atomic E-state index is 0.0136. The molecule has 0 spiro atoms. The van der Waals surface area contributed by atoms with Crippen molar-refractivity contribution in [1.82, 2.24) is 0 Å². The van der Waals surface area contributed by atoms with Crippen LogP contribution in [0.25, 0.3) is 0 Å². The number of aliphatic hydroxyl groups is 1. The van der Waals surface area contributed by atoms with Crippen molar-refractivity contribution < 1.29 is 32.6 Å². The van der Waals surface area contributed by atoms with Crippen LogP contribution in [0.3, 0.4) is 0 Å². The average molecular weight is 1000 g/mol. The Morgan fingerprint density at radius 3 is 1.34 bits per heavy atom. The van der Waals surface area contributed by atoms with Crippen molar-refractivity contribution in [3.63, 3.8) is 0 Å². The lowest BCUT2D eigenvalue weighted by Gasteiger charge is -2.45. The fourth-order valence-electron chi connectivity index (χ4n) is 9.82. The van der Waals surface area contributed by atoms with Gasteiger partial charge in [0.2, 0.25) is 0 Å². The number of methoxy groups -OCH3 is 2. The molecule has 0 radical (unpaired) electrons. The number of aliphatic hydroxyl groups excluding tert-OH is 1. The average Bonchev–Trinajstić information content (AvgIpc) is 3.32. The summed E-state index contributed by atoms with van der Waals surface area (Å²) in [6.45, 7) is 33.1. The van der Waals surface area contributed by atoms with Gasteiger partial charge in [-0.1, -0.05) is 210 Å². The first-order valence-electron chi connectivity index (χ1n) is 25.3. The fourth-order valence-corrected chi connectivity index (χ4v) is 20.2. The van der Waals surface area contributed by atoms with E-state index in [9.17, 15) is 5.11 Å². The zero-order valence-electron chi connectivity index (χ0n) is 45.5. The minimum atomic E-state index is -2.93. The molecule has 5 aromatic carbocycles. The van der Waals surface area contributed by atoms with E-state index in [1.54, 1.807) is 14.2 Å². The lowest BCUT2D eigenvalue weighted by atomic mass is 9.85. The highest BCUT2D eigenvalue weighted by atomic mass is 28.4. The summed E-state index contributed by atoms with van der Waals surface area (Å²) in [5.74, 6) is 0.649. The molecule has 10 heteroatoms. The molecule has 5 atom stereocenters. The third-order valence-electron chi connectivity index (χ3n) is 14.7. The van der Waals surface area contributed by atoms with Crippen LogP contribution in [0.2, 0.25) is 28.2 Å². The van der Waals surface area contributed by atoms with E-state index < -0.39 is 43.1 Å². The normalized spacial score (nSPS) is 15.5. The molecule has 0 unspecified atom stereocenters. The van der Waals surface area contributed by atoms with E-state index >= 15 is 0 Å². The first-order chi connectivity index (χ1) is 32.9. The van der Waals surface area contributed by atoms with Gasteiger partial charge in [0.1, 0.15) is 0 Å². The molecule has 1 N–H and O–H groups in total. The van der Waals surface area contributed by atoms with Crippen LogP contribution in [0.1, 0.15) is 88.6 Å². The van der Waals surface area contributed by atoms with Crippen molar-refractivity contribution in [1.29, 1.82) is 0 Å². The molecule has 0 amide bonds. The zero-order valence-corrected chi connectivity index (χ0v) is 48.5. The fraction of sp³-hybridized carbons (Fsp3) is 0.467. The van der Waals surface area contributed by atoms with E-state index in [1.807, 2.05) is 18.2 Å². The van der Waals surface area contributed by atoms with Crippen molar-refractivity contribution in [3.05, 3.63) is 157 Å². The van der Waals surface area contributed by atoms with Gasteiger partial charge in [-0.25, -0.2) is 0 Å². The van der Waals surface area contributed by atoms with Crippen molar-refractivity contribution in [2.75, 3.05) is 34.0 Å². The molecular formula is C60H86O7Si3. The highest BCUT2D eigenvalue weighted by molar-refractivity contribution is 7.00. The molecule has 5 aromatic rings. The minimum Gasteiger partial charge on any atom is -0.493 e. The van der Waals surface area contributed by atoms with E-state index in [0.29, 0.717) is 31.3 Å². The van der Waals surface area contributed by atoms with E-state index in [1.165, 1.54) is 20.7 Å². The summed E-state index contributed by atoms with van der Waals surface area (Å²) in [5, 5.41) is 17.5. The molecule has 0 heterocycles. The van der Waals surface area contributed by atoms with Gasteiger partial charge in [-0.3, -0.25) is 0 Å². The highest BCUT2D eigenvalue weighted by Gasteiger charge is 2.52. The van der Waals surface area contributed by atoms with Crippen molar-refractivity contribution in [3.8, 4) is 11.5 Å². The van der Waals surface area contributed by atoms with Crippen LogP contribution < -0.4 is 30.2 Å². The summed E-state index contributed by atoms with van der Waals surface area (Å²) >= 11 is 0. The molecule has 5 rings (SSSR count). The summed E-state index contributed by atoms with van der Waals surface area (Å²) in [5.41, 5.74) is 1.80. The Morgan fingerprint density at radius 2 is 0.957 bits per heavy atom. The molecule has 0 fully saturated rings. The van der Waals surface area contributed by atoms with Gasteiger partial charge >= 0.3 is 0 Å². The molecule has 380 valence electrons. The lowest BCUT2D eigenvalue weighted by Crippen LogP contribution is -2.67. The summed E-state index contributed by atoms with van der Waals surface area (Å²) in [6, 6.07) is 49.0. The summed E-state index contributed by atoms with van der Waals surface area (Å²) in [7, 11) is -4.74. The largest absolute Gasteiger partial charge is 0.493 e. The van der Waals surface area contributed by atoms with Gasteiger partial charge in [0.25, 0.3) is 16.6 Å². The van der Waals surface area contributed by atoms with Gasteiger partial charge in [0, 0.05) is 31.7 Å². The Hall–Kier alpha value is -4.11. The maximum absolute atomic E-state index is 13.0. The molecule has 0 bridgehead atoms. The molecule has 0 saturated heterocycles. The Bertz CT molecular complexity index is 2290. The molecule has 7 nitrogen and oxygen atoms in total. The van der Waals surface area contributed by atoms with E-state index in [2.05, 4.69) is 224 Å². The molecule has 0 aliphatic carbocycles. The third kappa shape index (κ3) is 13.1. The van der Waals surface area contributed by atoms with Gasteiger partial charge in [-0.2, -0.15) is 0 Å². The summed E-state index contributed by atoms with van der Waals surface area (Å²) < 4.78 is 40.7. The zero-order chi connectivity index (χ0) is 51.5. The van der Waals surface area contributed by atoms with Crippen LogP contribution in [0.4, 0.5) is 0 Å². The number of ether oxygens (including phenoxy) is 3. The Labute approximate surface area is 426 Å². The van der Waals surface area contributed by atoms with Crippen LogP contribution in [0.5, 0.6) is 11.5 Å². The van der Waals surface area contributed by atoms with Crippen molar-refractivity contribution in [2.24, 2.45) is 17.8 Å². The Balaban J connectivity index is 1.58. The number of rotatable bonds is 23. The van der Waals surface area contributed by atoms with Gasteiger partial charge in [-0.05, 0) is 85.1 Å². The first-order valence-corrected chi connectivity index (χ1v) is 32.0. The van der Waals surface area contributed by atoms with Crippen LogP contribution in [-0.2, 0) is 24.6 Å². The second kappa shape index (κ2) is 24.1. The van der Waals surface area contributed by atoms with Gasteiger partial charge < -0.3 is 32.6 Å². The first kappa shape index (κ1) is 56.8. The number of hydrogen-bond acceptors (Lipinski definition) is 7. The van der Waals surface area contributed by atoms with E-state index in [-0.39, 0.29) is 33.6 Å². The Kier molecular flexibility index (Phi) is 19.5. The van der Waals surface area contributed by atoms with Gasteiger partial charge in [0.05, 0.1) is 33.0 Å². The Morgan fingerprint density at radius 1 is 0.543 bits per heavy atom. The van der Waals surface area contributed by atoms with Crippen LogP contribution in [-0.4, -0.2) is 76.3 Å². The molecule has 0 aliphatic rings. The summed E-state index contributed by atoms with van der Waals surface area (Å²) in [6.07, 6.45) is 0.820. The topological polar surface area (TPSA) is 75.6 Å². The van der Waals surface area contributed by atoms with Crippen molar-refractivity contribution >= 4 is 45.7 Å². The standard InChI is InChI=1S/C60H86O7Si3/c1-45(41-66-69(59(7,8)9,49-29-21-17-22-30-49)50-31-23-18-24-32-50)39-46(2)56(61)53(44-65-68(15,16)58(4,5)6)57(64-43-48-37-38-54(62-13)55(40-48)63-14)47(3)42-67-70(60(10,11)12,51-33-25-19-26-34-51)52-35-27-20-28-36-52/h17-40,45,47,53,56-57,61H,41-44H2,1-16H3/b46-39+/t45-,47-,53+,56+,57+/m1/s1. The summed E-state index contributed by atoms with van der Waals surface area (Å²) in [4.78, 5) is 0. The van der Waals surface area contributed by atoms with E-state index in [0.717, 1.165) is 11.1 Å². The second-order valence-corrected chi connectivity index (χ2v) is 36.4. The second-order valence-electron chi connectivity index (χ2n) is 23.0. The van der Waals surface area contributed by atoms with Crippen LogP contribution in [0.15, 0.2) is 151 Å².